The number of nitrogens with zero attached hydrogens (tertiary/aromatic N) is 1. The summed E-state index contributed by atoms with van der Waals surface area (Å²) in [5, 5.41) is 0. The van der Waals surface area contributed by atoms with Crippen molar-refractivity contribution in [1.29, 1.82) is 0 Å². The molecule has 0 aliphatic rings. The van der Waals surface area contributed by atoms with Crippen molar-refractivity contribution >= 4 is 11.6 Å². The number of methoxy groups -OCH3 is 3. The molecule has 0 aliphatic heterocycles. The van der Waals surface area contributed by atoms with Crippen LogP contribution in [0.4, 0.5) is 5.69 Å². The van der Waals surface area contributed by atoms with E-state index in [0.29, 0.717) is 43.3 Å². The summed E-state index contributed by atoms with van der Waals surface area (Å²) in [6.07, 6.45) is 0.767. The molecule has 1 amide bonds. The van der Waals surface area contributed by atoms with E-state index in [0.717, 1.165) is 6.42 Å². The predicted octanol–water partition coefficient (Wildman–Crippen LogP) is 1.40. The topological polar surface area (TPSA) is 74.0 Å². The van der Waals surface area contributed by atoms with Gasteiger partial charge in [-0.05, 0) is 18.6 Å². The largest absolute Gasteiger partial charge is 0.496 e. The first-order chi connectivity index (χ1) is 10.1. The third-order valence-corrected chi connectivity index (χ3v) is 3.09. The second kappa shape index (κ2) is 9.20. The summed E-state index contributed by atoms with van der Waals surface area (Å²) in [5.74, 6) is 0.383. The van der Waals surface area contributed by atoms with E-state index >= 15 is 0 Å². The zero-order valence-electron chi connectivity index (χ0n) is 12.9. The van der Waals surface area contributed by atoms with Gasteiger partial charge in [-0.3, -0.25) is 4.79 Å². The lowest BCUT2D eigenvalue weighted by atomic mass is 10.1. The highest BCUT2D eigenvalue weighted by Crippen LogP contribution is 2.23. The Morgan fingerprint density at radius 2 is 1.86 bits per heavy atom. The number of nitrogens with two attached hydrogens (primary N) is 1. The first-order valence-corrected chi connectivity index (χ1v) is 6.84. The Bertz CT molecular complexity index is 451. The molecule has 6 nitrogen and oxygen atoms in total. The number of ether oxygens (including phenoxy) is 3. The van der Waals surface area contributed by atoms with Crippen LogP contribution in [0.1, 0.15) is 16.8 Å². The number of nitrogen functional groups attached to an aromatic ring is 1. The van der Waals surface area contributed by atoms with Gasteiger partial charge in [-0.15, -0.1) is 0 Å². The molecule has 0 atom stereocenters. The van der Waals surface area contributed by atoms with Crippen LogP contribution in [0.25, 0.3) is 0 Å². The van der Waals surface area contributed by atoms with Crippen molar-refractivity contribution in [3.05, 3.63) is 23.8 Å². The van der Waals surface area contributed by atoms with E-state index in [4.69, 9.17) is 19.9 Å². The van der Waals surface area contributed by atoms with Crippen molar-refractivity contribution in [3.63, 3.8) is 0 Å². The maximum atomic E-state index is 12.6. The summed E-state index contributed by atoms with van der Waals surface area (Å²) in [6, 6.07) is 5.03. The lowest BCUT2D eigenvalue weighted by Gasteiger charge is -2.23. The Morgan fingerprint density at radius 1 is 1.14 bits per heavy atom. The molecule has 1 rings (SSSR count). The first kappa shape index (κ1) is 17.3. The maximum absolute atomic E-state index is 12.6. The molecule has 0 bridgehead atoms. The molecule has 2 N–H and O–H groups in total. The van der Waals surface area contributed by atoms with E-state index in [2.05, 4.69) is 0 Å². The SMILES string of the molecule is COCCCN(CCOC)C(=O)c1ccc(N)cc1OC. The van der Waals surface area contributed by atoms with Crippen LogP contribution in [0.15, 0.2) is 18.2 Å². The molecule has 0 fully saturated rings. The van der Waals surface area contributed by atoms with Gasteiger partial charge in [0, 0.05) is 45.7 Å². The van der Waals surface area contributed by atoms with Gasteiger partial charge in [0.15, 0.2) is 0 Å². The molecule has 21 heavy (non-hydrogen) atoms. The Kier molecular flexibility index (Phi) is 7.56. The molecule has 0 saturated carbocycles. The number of amides is 1. The summed E-state index contributed by atoms with van der Waals surface area (Å²) < 4.78 is 15.3. The quantitative estimate of drug-likeness (QED) is 0.551. The van der Waals surface area contributed by atoms with Gasteiger partial charge in [-0.25, -0.2) is 0 Å². The Hall–Kier alpha value is -1.79. The molecule has 0 aliphatic carbocycles. The smallest absolute Gasteiger partial charge is 0.257 e. The minimum Gasteiger partial charge on any atom is -0.496 e. The molecule has 0 radical (unpaired) electrons. The highest BCUT2D eigenvalue weighted by Gasteiger charge is 2.19. The van der Waals surface area contributed by atoms with Crippen LogP contribution in [-0.4, -0.2) is 58.4 Å². The summed E-state index contributed by atoms with van der Waals surface area (Å²) in [6.45, 7) is 2.21. The van der Waals surface area contributed by atoms with Gasteiger partial charge in [-0.1, -0.05) is 0 Å². The fourth-order valence-corrected chi connectivity index (χ4v) is 1.97. The van der Waals surface area contributed by atoms with Crippen molar-refractivity contribution < 1.29 is 19.0 Å². The van der Waals surface area contributed by atoms with E-state index in [1.54, 1.807) is 37.3 Å². The van der Waals surface area contributed by atoms with Gasteiger partial charge >= 0.3 is 0 Å². The van der Waals surface area contributed by atoms with Crippen molar-refractivity contribution in [3.8, 4) is 5.75 Å². The van der Waals surface area contributed by atoms with E-state index in [1.807, 2.05) is 0 Å². The third kappa shape index (κ3) is 5.24. The number of rotatable bonds is 9. The van der Waals surface area contributed by atoms with Crippen molar-refractivity contribution in [2.45, 2.75) is 6.42 Å². The Labute approximate surface area is 125 Å². The van der Waals surface area contributed by atoms with Crippen LogP contribution in [0.5, 0.6) is 5.75 Å². The van der Waals surface area contributed by atoms with Crippen LogP contribution in [0.3, 0.4) is 0 Å². The lowest BCUT2D eigenvalue weighted by molar-refractivity contribution is 0.0671. The highest BCUT2D eigenvalue weighted by atomic mass is 16.5. The number of carbonyl (C=O) groups is 1. The minimum atomic E-state index is -0.0972. The maximum Gasteiger partial charge on any atom is 0.257 e. The summed E-state index contributed by atoms with van der Waals surface area (Å²) in [4.78, 5) is 14.4. The van der Waals surface area contributed by atoms with Gasteiger partial charge in [0.25, 0.3) is 5.91 Å². The zero-order chi connectivity index (χ0) is 15.7. The minimum absolute atomic E-state index is 0.0972. The molecule has 1 aromatic carbocycles. The van der Waals surface area contributed by atoms with Gasteiger partial charge < -0.3 is 24.8 Å². The summed E-state index contributed by atoms with van der Waals surface area (Å²) in [5.41, 5.74) is 6.78. The number of benzene rings is 1. The Balaban J connectivity index is 2.87. The van der Waals surface area contributed by atoms with Crippen LogP contribution in [0.2, 0.25) is 0 Å². The lowest BCUT2D eigenvalue weighted by Crippen LogP contribution is -2.35. The number of carbonyl (C=O) groups excluding carboxylic acids is 1. The van der Waals surface area contributed by atoms with E-state index in [-0.39, 0.29) is 5.91 Å². The number of hydrogen-bond acceptors (Lipinski definition) is 5. The molecule has 0 heterocycles. The summed E-state index contributed by atoms with van der Waals surface area (Å²) in [7, 11) is 4.78. The van der Waals surface area contributed by atoms with Crippen molar-refractivity contribution in [1.82, 2.24) is 4.90 Å². The molecular weight excluding hydrogens is 272 g/mol. The highest BCUT2D eigenvalue weighted by molar-refractivity contribution is 5.97. The van der Waals surface area contributed by atoms with E-state index in [1.165, 1.54) is 7.11 Å². The third-order valence-electron chi connectivity index (χ3n) is 3.09. The fraction of sp³-hybridized carbons (Fsp3) is 0.533. The first-order valence-electron chi connectivity index (χ1n) is 6.84. The van der Waals surface area contributed by atoms with Gasteiger partial charge in [0.05, 0.1) is 19.3 Å². The molecule has 0 saturated heterocycles. The fourth-order valence-electron chi connectivity index (χ4n) is 1.97. The van der Waals surface area contributed by atoms with Crippen LogP contribution >= 0.6 is 0 Å². The molecule has 118 valence electrons. The van der Waals surface area contributed by atoms with Crippen LogP contribution in [0, 0.1) is 0 Å². The number of hydrogen-bond donors (Lipinski definition) is 1. The average molecular weight is 296 g/mol. The summed E-state index contributed by atoms with van der Waals surface area (Å²) >= 11 is 0. The monoisotopic (exact) mass is 296 g/mol. The Morgan fingerprint density at radius 3 is 2.48 bits per heavy atom. The molecule has 0 unspecified atom stereocenters. The average Bonchev–Trinajstić information content (AvgIpc) is 2.50. The molecule has 0 spiro atoms. The second-order valence-electron chi connectivity index (χ2n) is 4.59. The molecule has 1 aromatic rings. The van der Waals surface area contributed by atoms with Gasteiger partial charge in [-0.2, -0.15) is 0 Å². The second-order valence-corrected chi connectivity index (χ2v) is 4.59. The zero-order valence-corrected chi connectivity index (χ0v) is 12.9. The normalized spacial score (nSPS) is 10.4. The van der Waals surface area contributed by atoms with Crippen molar-refractivity contribution in [2.75, 3.05) is 53.4 Å². The number of anilines is 1. The molecule has 0 aromatic heterocycles. The van der Waals surface area contributed by atoms with Crippen LogP contribution < -0.4 is 10.5 Å². The van der Waals surface area contributed by atoms with E-state index < -0.39 is 0 Å². The standard InChI is InChI=1S/C15H24N2O4/c1-19-9-4-7-17(8-10-20-2)15(18)13-6-5-12(16)11-14(13)21-3/h5-6,11H,4,7-10,16H2,1-3H3. The van der Waals surface area contributed by atoms with Gasteiger partial charge in [0.2, 0.25) is 0 Å². The molecular formula is C15H24N2O4. The van der Waals surface area contributed by atoms with Crippen molar-refractivity contribution in [2.24, 2.45) is 0 Å². The van der Waals surface area contributed by atoms with Crippen LogP contribution in [-0.2, 0) is 9.47 Å². The van der Waals surface area contributed by atoms with E-state index in [9.17, 15) is 4.79 Å². The molecule has 6 heteroatoms. The predicted molar refractivity (Wildman–Crippen MR) is 81.7 cm³/mol. The van der Waals surface area contributed by atoms with Gasteiger partial charge in [0.1, 0.15) is 5.75 Å².